The third-order valence-electron chi connectivity index (χ3n) is 4.82. The zero-order chi connectivity index (χ0) is 17.8. The summed E-state index contributed by atoms with van der Waals surface area (Å²) >= 11 is 0. The van der Waals surface area contributed by atoms with E-state index in [1.54, 1.807) is 6.08 Å². The summed E-state index contributed by atoms with van der Waals surface area (Å²) in [5.74, 6) is 0.446. The lowest BCUT2D eigenvalue weighted by atomic mass is 10.0. The van der Waals surface area contributed by atoms with E-state index in [-0.39, 0.29) is 23.9 Å². The molecule has 1 fully saturated rings. The number of hydrogen-bond donors (Lipinski definition) is 2. The van der Waals surface area contributed by atoms with Crippen LogP contribution in [0.25, 0.3) is 0 Å². The van der Waals surface area contributed by atoms with Crippen molar-refractivity contribution in [1.82, 2.24) is 10.6 Å². The molecule has 2 aliphatic rings. The Bertz CT molecular complexity index is 665. The first-order valence-corrected chi connectivity index (χ1v) is 9.16. The molecule has 1 aromatic carbocycles. The quantitative estimate of drug-likeness (QED) is 0.778. The third kappa shape index (κ3) is 4.28. The minimum atomic E-state index is -0.114. The van der Waals surface area contributed by atoms with Crippen LogP contribution >= 0.6 is 0 Å². The molecule has 0 aromatic heterocycles. The molecule has 2 N–H and O–H groups in total. The van der Waals surface area contributed by atoms with Crippen LogP contribution in [0, 0.1) is 5.92 Å². The van der Waals surface area contributed by atoms with Gasteiger partial charge in [0.15, 0.2) is 0 Å². The predicted octanol–water partition coefficient (Wildman–Crippen LogP) is 2.02. The highest BCUT2D eigenvalue weighted by molar-refractivity contribution is 6.03. The van der Waals surface area contributed by atoms with Crippen LogP contribution in [0.4, 0.5) is 5.69 Å². The number of amides is 2. The lowest BCUT2D eigenvalue weighted by molar-refractivity contribution is -0.125. The molecule has 5 heteroatoms. The van der Waals surface area contributed by atoms with Gasteiger partial charge < -0.3 is 15.5 Å². The van der Waals surface area contributed by atoms with Crippen molar-refractivity contribution in [3.05, 3.63) is 42.0 Å². The molecule has 134 valence electrons. The first kappa shape index (κ1) is 17.7. The Hall–Kier alpha value is -2.14. The molecule has 1 saturated heterocycles. The summed E-state index contributed by atoms with van der Waals surface area (Å²) < 4.78 is 0. The van der Waals surface area contributed by atoms with E-state index in [1.807, 2.05) is 29.2 Å². The number of fused-ring (bicyclic) bond motifs is 1. The Morgan fingerprint density at radius 2 is 2.12 bits per heavy atom. The van der Waals surface area contributed by atoms with Gasteiger partial charge in [0.1, 0.15) is 0 Å². The second-order valence-corrected chi connectivity index (χ2v) is 7.27. The SMILES string of the molecule is CC(C)C[C@@H](/C=C/C(=O)N1CCc2ccccc21)NC(=O)C1CCN1. The van der Waals surface area contributed by atoms with E-state index in [0.29, 0.717) is 5.92 Å². The lowest BCUT2D eigenvalue weighted by Crippen LogP contribution is -2.55. The zero-order valence-corrected chi connectivity index (χ0v) is 15.0. The molecule has 2 aliphatic heterocycles. The van der Waals surface area contributed by atoms with E-state index in [2.05, 4.69) is 30.5 Å². The highest BCUT2D eigenvalue weighted by Gasteiger charge is 2.26. The normalized spacial score (nSPS) is 20.4. The molecule has 0 aliphatic carbocycles. The molecule has 1 unspecified atom stereocenters. The summed E-state index contributed by atoms with van der Waals surface area (Å²) in [6.07, 6.45) is 6.06. The Morgan fingerprint density at radius 1 is 1.36 bits per heavy atom. The zero-order valence-electron chi connectivity index (χ0n) is 15.0. The van der Waals surface area contributed by atoms with Crippen LogP contribution in [0.1, 0.15) is 32.3 Å². The lowest BCUT2D eigenvalue weighted by Gasteiger charge is -2.28. The van der Waals surface area contributed by atoms with E-state index in [0.717, 1.165) is 38.0 Å². The van der Waals surface area contributed by atoms with E-state index >= 15 is 0 Å². The minimum absolute atomic E-state index is 0.0188. The average Bonchev–Trinajstić information content (AvgIpc) is 2.94. The summed E-state index contributed by atoms with van der Waals surface area (Å²) in [6, 6.07) is 7.83. The number of rotatable bonds is 6. The fourth-order valence-corrected chi connectivity index (χ4v) is 3.34. The van der Waals surface area contributed by atoms with Gasteiger partial charge in [-0.15, -0.1) is 0 Å². The first-order valence-electron chi connectivity index (χ1n) is 9.16. The molecule has 2 heterocycles. The number of benzene rings is 1. The van der Waals surface area contributed by atoms with Gasteiger partial charge in [-0.05, 0) is 43.4 Å². The van der Waals surface area contributed by atoms with E-state index < -0.39 is 0 Å². The predicted molar refractivity (Wildman–Crippen MR) is 99.4 cm³/mol. The van der Waals surface area contributed by atoms with Crippen molar-refractivity contribution >= 4 is 17.5 Å². The van der Waals surface area contributed by atoms with Gasteiger partial charge in [-0.25, -0.2) is 0 Å². The van der Waals surface area contributed by atoms with Gasteiger partial charge in [0, 0.05) is 24.4 Å². The first-order chi connectivity index (χ1) is 12.0. The molecule has 0 saturated carbocycles. The summed E-state index contributed by atoms with van der Waals surface area (Å²) in [5, 5.41) is 6.17. The largest absolute Gasteiger partial charge is 0.349 e. The Labute approximate surface area is 149 Å². The standard InChI is InChI=1S/C20H27N3O2/c1-14(2)13-16(22-20(25)17-9-11-21-17)7-8-19(24)23-12-10-15-5-3-4-6-18(15)23/h3-8,14,16-17,21H,9-13H2,1-2H3,(H,22,25)/b8-7+/t16-,17?/m1/s1. The molecule has 5 nitrogen and oxygen atoms in total. The topological polar surface area (TPSA) is 61.4 Å². The maximum atomic E-state index is 12.6. The molecular formula is C20H27N3O2. The summed E-state index contributed by atoms with van der Waals surface area (Å²) in [6.45, 7) is 5.85. The van der Waals surface area contributed by atoms with Crippen LogP contribution < -0.4 is 15.5 Å². The summed E-state index contributed by atoms with van der Waals surface area (Å²) in [7, 11) is 0. The molecular weight excluding hydrogens is 314 g/mol. The van der Waals surface area contributed by atoms with Crippen molar-refractivity contribution in [3.8, 4) is 0 Å². The van der Waals surface area contributed by atoms with Crippen LogP contribution in [0.15, 0.2) is 36.4 Å². The van der Waals surface area contributed by atoms with Crippen molar-refractivity contribution in [1.29, 1.82) is 0 Å². The number of hydrogen-bond acceptors (Lipinski definition) is 3. The van der Waals surface area contributed by atoms with Gasteiger partial charge in [-0.1, -0.05) is 38.1 Å². The van der Waals surface area contributed by atoms with Crippen molar-refractivity contribution < 1.29 is 9.59 Å². The van der Waals surface area contributed by atoms with Crippen molar-refractivity contribution in [2.75, 3.05) is 18.0 Å². The fourth-order valence-electron chi connectivity index (χ4n) is 3.34. The van der Waals surface area contributed by atoms with Gasteiger partial charge >= 0.3 is 0 Å². The molecule has 2 atom stereocenters. The van der Waals surface area contributed by atoms with Crippen LogP contribution in [-0.2, 0) is 16.0 Å². The van der Waals surface area contributed by atoms with E-state index in [9.17, 15) is 9.59 Å². The molecule has 3 rings (SSSR count). The van der Waals surface area contributed by atoms with E-state index in [1.165, 1.54) is 5.56 Å². The van der Waals surface area contributed by atoms with Crippen LogP contribution in [0.3, 0.4) is 0 Å². The number of carbonyl (C=O) groups excluding carboxylic acids is 2. The highest BCUT2D eigenvalue weighted by Crippen LogP contribution is 2.27. The second-order valence-electron chi connectivity index (χ2n) is 7.27. The Morgan fingerprint density at radius 3 is 2.80 bits per heavy atom. The van der Waals surface area contributed by atoms with Crippen LogP contribution in [-0.4, -0.2) is 37.0 Å². The van der Waals surface area contributed by atoms with Crippen molar-refractivity contribution in [2.24, 2.45) is 5.92 Å². The van der Waals surface area contributed by atoms with Gasteiger partial charge in [-0.2, -0.15) is 0 Å². The van der Waals surface area contributed by atoms with Crippen molar-refractivity contribution in [3.63, 3.8) is 0 Å². The number of nitrogens with zero attached hydrogens (tertiary/aromatic N) is 1. The van der Waals surface area contributed by atoms with Crippen LogP contribution in [0.2, 0.25) is 0 Å². The molecule has 0 spiro atoms. The summed E-state index contributed by atoms with van der Waals surface area (Å²) in [4.78, 5) is 26.6. The minimum Gasteiger partial charge on any atom is -0.349 e. The number of nitrogens with one attached hydrogen (secondary N) is 2. The van der Waals surface area contributed by atoms with E-state index in [4.69, 9.17) is 0 Å². The van der Waals surface area contributed by atoms with Crippen LogP contribution in [0.5, 0.6) is 0 Å². The van der Waals surface area contributed by atoms with Gasteiger partial charge in [-0.3, -0.25) is 9.59 Å². The fraction of sp³-hybridized carbons (Fsp3) is 0.500. The second kappa shape index (κ2) is 7.83. The van der Waals surface area contributed by atoms with Crippen molar-refractivity contribution in [2.45, 2.75) is 45.2 Å². The number of anilines is 1. The molecule has 0 bridgehead atoms. The number of carbonyl (C=O) groups is 2. The highest BCUT2D eigenvalue weighted by atomic mass is 16.2. The molecule has 0 radical (unpaired) electrons. The smallest absolute Gasteiger partial charge is 0.250 e. The maximum absolute atomic E-state index is 12.6. The number of para-hydroxylation sites is 1. The van der Waals surface area contributed by atoms with Gasteiger partial charge in [0.25, 0.3) is 5.91 Å². The maximum Gasteiger partial charge on any atom is 0.250 e. The molecule has 25 heavy (non-hydrogen) atoms. The monoisotopic (exact) mass is 341 g/mol. The Kier molecular flexibility index (Phi) is 5.53. The molecule has 1 aromatic rings. The Balaban J connectivity index is 1.64. The summed E-state index contributed by atoms with van der Waals surface area (Å²) in [5.41, 5.74) is 2.22. The third-order valence-corrected chi connectivity index (χ3v) is 4.82. The van der Waals surface area contributed by atoms with Gasteiger partial charge in [0.05, 0.1) is 6.04 Å². The van der Waals surface area contributed by atoms with Gasteiger partial charge in [0.2, 0.25) is 5.91 Å². The molecule has 2 amide bonds. The average molecular weight is 341 g/mol.